The molecule has 0 saturated carbocycles. The molecule has 1 heterocycles. The molecule has 2 rings (SSSR count). The molecule has 0 atom stereocenters. The number of hydrogen-bond acceptors (Lipinski definition) is 4. The Morgan fingerprint density at radius 3 is 2.59 bits per heavy atom. The quantitative estimate of drug-likeness (QED) is 0.760. The fraction of sp³-hybridized carbons (Fsp3) is 0.333. The van der Waals surface area contributed by atoms with Crippen LogP contribution in [0.4, 0.5) is 0 Å². The SMILES string of the molecule is CCNCCNC(=O)c1ccn(-c2ccc(OC)cc2)n1.Cl. The topological polar surface area (TPSA) is 68.2 Å². The average molecular weight is 325 g/mol. The zero-order valence-corrected chi connectivity index (χ0v) is 13.5. The molecule has 1 aromatic heterocycles. The van der Waals surface area contributed by atoms with Crippen LogP contribution in [0.15, 0.2) is 36.5 Å². The Bertz CT molecular complexity index is 583. The van der Waals surface area contributed by atoms with Crippen LogP contribution in [0.3, 0.4) is 0 Å². The van der Waals surface area contributed by atoms with E-state index in [1.807, 2.05) is 31.2 Å². The van der Waals surface area contributed by atoms with Crippen molar-refractivity contribution in [3.8, 4) is 11.4 Å². The van der Waals surface area contributed by atoms with Crippen molar-refractivity contribution in [2.24, 2.45) is 0 Å². The van der Waals surface area contributed by atoms with Gasteiger partial charge in [-0.3, -0.25) is 4.79 Å². The average Bonchev–Trinajstić information content (AvgIpc) is 3.01. The maximum Gasteiger partial charge on any atom is 0.271 e. The van der Waals surface area contributed by atoms with Gasteiger partial charge in [0.1, 0.15) is 5.75 Å². The van der Waals surface area contributed by atoms with E-state index in [1.54, 1.807) is 24.1 Å². The van der Waals surface area contributed by atoms with E-state index in [9.17, 15) is 4.79 Å². The summed E-state index contributed by atoms with van der Waals surface area (Å²) in [6, 6.07) is 9.19. The molecule has 0 aliphatic rings. The molecule has 0 spiro atoms. The van der Waals surface area contributed by atoms with Gasteiger partial charge >= 0.3 is 0 Å². The molecule has 120 valence electrons. The van der Waals surface area contributed by atoms with E-state index in [-0.39, 0.29) is 18.3 Å². The highest BCUT2D eigenvalue weighted by Crippen LogP contribution is 2.14. The summed E-state index contributed by atoms with van der Waals surface area (Å²) in [6.45, 7) is 4.25. The molecule has 0 aliphatic carbocycles. The molecule has 1 amide bonds. The Morgan fingerprint density at radius 2 is 1.95 bits per heavy atom. The van der Waals surface area contributed by atoms with Gasteiger partial charge in [-0.15, -0.1) is 12.4 Å². The Balaban J connectivity index is 0.00000242. The molecule has 0 bridgehead atoms. The summed E-state index contributed by atoms with van der Waals surface area (Å²) in [4.78, 5) is 11.9. The van der Waals surface area contributed by atoms with Crippen molar-refractivity contribution in [1.29, 1.82) is 0 Å². The Morgan fingerprint density at radius 1 is 1.23 bits per heavy atom. The van der Waals surface area contributed by atoms with E-state index in [1.165, 1.54) is 0 Å². The first-order valence-electron chi connectivity index (χ1n) is 6.93. The number of likely N-dealkylation sites (N-methyl/N-ethyl adjacent to an activating group) is 1. The lowest BCUT2D eigenvalue weighted by atomic mass is 10.3. The number of methoxy groups -OCH3 is 1. The van der Waals surface area contributed by atoms with Gasteiger partial charge in [0.2, 0.25) is 0 Å². The minimum Gasteiger partial charge on any atom is -0.497 e. The van der Waals surface area contributed by atoms with Crippen molar-refractivity contribution in [2.45, 2.75) is 6.92 Å². The first kappa shape index (κ1) is 18.0. The van der Waals surface area contributed by atoms with Crippen molar-refractivity contribution in [2.75, 3.05) is 26.7 Å². The summed E-state index contributed by atoms with van der Waals surface area (Å²) in [5.41, 5.74) is 1.28. The molecule has 1 aromatic carbocycles. The molecule has 0 fully saturated rings. The van der Waals surface area contributed by atoms with Gasteiger partial charge in [0.25, 0.3) is 5.91 Å². The second-order valence-corrected chi connectivity index (χ2v) is 4.45. The van der Waals surface area contributed by atoms with E-state index in [4.69, 9.17) is 4.74 Å². The summed E-state index contributed by atoms with van der Waals surface area (Å²) < 4.78 is 6.78. The van der Waals surface area contributed by atoms with Crippen molar-refractivity contribution in [3.05, 3.63) is 42.2 Å². The zero-order valence-electron chi connectivity index (χ0n) is 12.7. The summed E-state index contributed by atoms with van der Waals surface area (Å²) in [6.07, 6.45) is 1.76. The van der Waals surface area contributed by atoms with Gasteiger partial charge in [-0.2, -0.15) is 5.10 Å². The van der Waals surface area contributed by atoms with Crippen LogP contribution >= 0.6 is 12.4 Å². The number of aromatic nitrogens is 2. The highest BCUT2D eigenvalue weighted by Gasteiger charge is 2.09. The number of amides is 1. The molecular weight excluding hydrogens is 304 g/mol. The van der Waals surface area contributed by atoms with Gasteiger partial charge < -0.3 is 15.4 Å². The molecule has 0 saturated heterocycles. The van der Waals surface area contributed by atoms with Crippen LogP contribution in [-0.2, 0) is 0 Å². The highest BCUT2D eigenvalue weighted by atomic mass is 35.5. The lowest BCUT2D eigenvalue weighted by Gasteiger charge is -2.04. The lowest BCUT2D eigenvalue weighted by Crippen LogP contribution is -2.32. The van der Waals surface area contributed by atoms with Crippen molar-refractivity contribution in [3.63, 3.8) is 0 Å². The van der Waals surface area contributed by atoms with Crippen molar-refractivity contribution >= 4 is 18.3 Å². The zero-order chi connectivity index (χ0) is 15.1. The largest absolute Gasteiger partial charge is 0.497 e. The number of hydrogen-bond donors (Lipinski definition) is 2. The fourth-order valence-electron chi connectivity index (χ4n) is 1.86. The Hall–Kier alpha value is -2.05. The van der Waals surface area contributed by atoms with E-state index in [0.717, 1.165) is 24.5 Å². The molecule has 0 aliphatic heterocycles. The highest BCUT2D eigenvalue weighted by molar-refractivity contribution is 5.92. The molecule has 7 heteroatoms. The van der Waals surface area contributed by atoms with Gasteiger partial charge in [0.15, 0.2) is 5.69 Å². The normalized spacial score (nSPS) is 9.91. The minimum absolute atomic E-state index is 0. The number of carbonyl (C=O) groups is 1. The molecule has 2 N–H and O–H groups in total. The van der Waals surface area contributed by atoms with E-state index < -0.39 is 0 Å². The Labute approximate surface area is 136 Å². The predicted molar refractivity (Wildman–Crippen MR) is 88.2 cm³/mol. The summed E-state index contributed by atoms with van der Waals surface area (Å²) in [5, 5.41) is 10.2. The first-order chi connectivity index (χ1) is 10.2. The van der Waals surface area contributed by atoms with E-state index >= 15 is 0 Å². The number of halogens is 1. The summed E-state index contributed by atoms with van der Waals surface area (Å²) >= 11 is 0. The summed E-state index contributed by atoms with van der Waals surface area (Å²) in [7, 11) is 1.62. The lowest BCUT2D eigenvalue weighted by molar-refractivity contribution is 0.0948. The van der Waals surface area contributed by atoms with Gasteiger partial charge in [-0.05, 0) is 36.9 Å². The standard InChI is InChI=1S/C15H20N4O2.ClH/c1-3-16-9-10-17-15(20)14-8-11-19(18-14)12-4-6-13(21-2)7-5-12;/h4-8,11,16H,3,9-10H2,1-2H3,(H,17,20);1H. The minimum atomic E-state index is -0.167. The Kier molecular flexibility index (Phi) is 7.42. The van der Waals surface area contributed by atoms with Crippen LogP contribution < -0.4 is 15.4 Å². The third-order valence-electron chi connectivity index (χ3n) is 3.00. The van der Waals surface area contributed by atoms with Gasteiger partial charge in [0.05, 0.1) is 12.8 Å². The number of benzene rings is 1. The number of carbonyl (C=O) groups excluding carboxylic acids is 1. The fourth-order valence-corrected chi connectivity index (χ4v) is 1.86. The number of nitrogens with one attached hydrogen (secondary N) is 2. The van der Waals surface area contributed by atoms with Gasteiger partial charge in [-0.25, -0.2) is 4.68 Å². The van der Waals surface area contributed by atoms with Gasteiger partial charge in [-0.1, -0.05) is 6.92 Å². The van der Waals surface area contributed by atoms with Crippen LogP contribution in [-0.4, -0.2) is 42.4 Å². The second kappa shape index (κ2) is 9.07. The summed E-state index contributed by atoms with van der Waals surface area (Å²) in [5.74, 6) is 0.618. The maximum atomic E-state index is 11.9. The molecule has 0 radical (unpaired) electrons. The van der Waals surface area contributed by atoms with Crippen LogP contribution in [0.2, 0.25) is 0 Å². The van der Waals surface area contributed by atoms with Gasteiger partial charge in [0, 0.05) is 19.3 Å². The molecule has 6 nitrogen and oxygen atoms in total. The molecular formula is C15H21ClN4O2. The number of ether oxygens (including phenoxy) is 1. The second-order valence-electron chi connectivity index (χ2n) is 4.45. The first-order valence-corrected chi connectivity index (χ1v) is 6.93. The molecule has 0 unspecified atom stereocenters. The van der Waals surface area contributed by atoms with E-state index in [2.05, 4.69) is 15.7 Å². The van der Waals surface area contributed by atoms with Crippen LogP contribution in [0.1, 0.15) is 17.4 Å². The third kappa shape index (κ3) is 4.75. The number of nitrogens with zero attached hydrogens (tertiary/aromatic N) is 2. The molecule has 22 heavy (non-hydrogen) atoms. The van der Waals surface area contributed by atoms with Crippen LogP contribution in [0.5, 0.6) is 5.75 Å². The number of rotatable bonds is 7. The van der Waals surface area contributed by atoms with Crippen molar-refractivity contribution in [1.82, 2.24) is 20.4 Å². The predicted octanol–water partition coefficient (Wildman–Crippen LogP) is 1.64. The third-order valence-corrected chi connectivity index (χ3v) is 3.00. The van der Waals surface area contributed by atoms with Crippen molar-refractivity contribution < 1.29 is 9.53 Å². The monoisotopic (exact) mass is 324 g/mol. The van der Waals surface area contributed by atoms with E-state index in [0.29, 0.717) is 12.2 Å². The molecule has 2 aromatic rings. The smallest absolute Gasteiger partial charge is 0.271 e. The van der Waals surface area contributed by atoms with Crippen LogP contribution in [0, 0.1) is 0 Å². The maximum absolute atomic E-state index is 11.9. The van der Waals surface area contributed by atoms with Crippen LogP contribution in [0.25, 0.3) is 5.69 Å².